The molecule has 1 heterocycles. The van der Waals surface area contributed by atoms with Gasteiger partial charge in [0.15, 0.2) is 0 Å². The minimum Gasteiger partial charge on any atom is -0.378 e. The molecule has 1 spiro atoms. The van der Waals surface area contributed by atoms with Crippen LogP contribution in [0, 0.1) is 5.92 Å². The molecule has 0 radical (unpaired) electrons. The molecule has 0 unspecified atom stereocenters. The third-order valence-corrected chi connectivity index (χ3v) is 5.33. The highest BCUT2D eigenvalue weighted by atomic mass is 35.5. The predicted octanol–water partition coefficient (Wildman–Crippen LogP) is 3.78. The Labute approximate surface area is 149 Å². The molecule has 0 N–H and O–H groups in total. The van der Waals surface area contributed by atoms with Gasteiger partial charge in [0.25, 0.3) is 5.91 Å². The molecule has 2 fully saturated rings. The summed E-state index contributed by atoms with van der Waals surface area (Å²) < 4.78 is 12.1. The Balaban J connectivity index is 1.72. The van der Waals surface area contributed by atoms with E-state index < -0.39 is 0 Å². The van der Waals surface area contributed by atoms with E-state index in [4.69, 9.17) is 21.1 Å². The molecule has 4 nitrogen and oxygen atoms in total. The summed E-state index contributed by atoms with van der Waals surface area (Å²) in [6.07, 6.45) is 3.45. The minimum absolute atomic E-state index is 0.0376. The average molecular weight is 352 g/mol. The van der Waals surface area contributed by atoms with Gasteiger partial charge in [-0.3, -0.25) is 4.79 Å². The van der Waals surface area contributed by atoms with Crippen LogP contribution < -0.4 is 0 Å². The first-order valence-electron chi connectivity index (χ1n) is 8.80. The second kappa shape index (κ2) is 7.42. The molecule has 1 aromatic rings. The number of hydrogen-bond acceptors (Lipinski definition) is 3. The second-order valence-corrected chi connectivity index (χ2v) is 7.56. The second-order valence-electron chi connectivity index (χ2n) is 7.12. The summed E-state index contributed by atoms with van der Waals surface area (Å²) in [5, 5.41) is 0.591. The average Bonchev–Trinajstić information content (AvgIpc) is 2.94. The number of nitrogens with zero attached hydrogens (tertiary/aromatic N) is 1. The summed E-state index contributed by atoms with van der Waals surface area (Å²) in [6.45, 7) is 6.67. The summed E-state index contributed by atoms with van der Waals surface area (Å²) in [6, 6.07) is 7.17. The van der Waals surface area contributed by atoms with E-state index in [0.29, 0.717) is 42.8 Å². The molecule has 2 aliphatic rings. The van der Waals surface area contributed by atoms with Gasteiger partial charge in [0.2, 0.25) is 0 Å². The van der Waals surface area contributed by atoms with Crippen molar-refractivity contribution in [3.8, 4) is 0 Å². The lowest BCUT2D eigenvalue weighted by atomic mass is 9.89. The van der Waals surface area contributed by atoms with Crippen LogP contribution >= 0.6 is 11.6 Å². The maximum Gasteiger partial charge on any atom is 0.254 e. The molecule has 1 amide bonds. The smallest absolute Gasteiger partial charge is 0.254 e. The number of amides is 1. The molecule has 0 bridgehead atoms. The molecule has 5 heteroatoms. The van der Waals surface area contributed by atoms with Gasteiger partial charge in [-0.05, 0) is 44.9 Å². The number of ether oxygens (including phenoxy) is 2. The summed E-state index contributed by atoms with van der Waals surface area (Å²) in [4.78, 5) is 14.8. The Bertz CT molecular complexity index is 592. The van der Waals surface area contributed by atoms with E-state index in [1.165, 1.54) is 0 Å². The van der Waals surface area contributed by atoms with Crippen molar-refractivity contribution in [2.45, 2.75) is 44.8 Å². The Kier molecular flexibility index (Phi) is 5.48. The van der Waals surface area contributed by atoms with Crippen molar-refractivity contribution in [2.75, 3.05) is 26.3 Å². The maximum absolute atomic E-state index is 12.8. The summed E-state index contributed by atoms with van der Waals surface area (Å²) >= 11 is 6.03. The first-order chi connectivity index (χ1) is 11.5. The van der Waals surface area contributed by atoms with Gasteiger partial charge < -0.3 is 14.4 Å². The fourth-order valence-corrected chi connectivity index (χ4v) is 4.03. The van der Waals surface area contributed by atoms with Gasteiger partial charge in [-0.1, -0.05) is 24.1 Å². The van der Waals surface area contributed by atoms with Crippen molar-refractivity contribution in [1.29, 1.82) is 0 Å². The third kappa shape index (κ3) is 3.76. The van der Waals surface area contributed by atoms with Gasteiger partial charge in [-0.25, -0.2) is 0 Å². The fourth-order valence-electron chi connectivity index (χ4n) is 3.84. The van der Waals surface area contributed by atoms with Crippen molar-refractivity contribution in [2.24, 2.45) is 5.92 Å². The standard InChI is InChI=1S/C19H26ClNO3/c1-14(2)23-12-16-6-4-8-19(16)13-21(9-10-24-19)18(22)15-5-3-7-17(20)11-15/h3,5,7,11,14,16H,4,6,8-10,12-13H2,1-2H3/t16-,19+/m0/s1. The maximum atomic E-state index is 12.8. The van der Waals surface area contributed by atoms with Gasteiger partial charge in [0.05, 0.1) is 31.5 Å². The lowest BCUT2D eigenvalue weighted by Crippen LogP contribution is -2.56. The Morgan fingerprint density at radius 3 is 3.08 bits per heavy atom. The molecule has 3 rings (SSSR count). The molecule has 0 aromatic heterocycles. The zero-order chi connectivity index (χ0) is 17.2. The van der Waals surface area contributed by atoms with Crippen molar-refractivity contribution < 1.29 is 14.3 Å². The number of carbonyl (C=O) groups excluding carboxylic acids is 1. The largest absolute Gasteiger partial charge is 0.378 e. The molecule has 1 saturated carbocycles. The third-order valence-electron chi connectivity index (χ3n) is 5.10. The molecule has 24 heavy (non-hydrogen) atoms. The van der Waals surface area contributed by atoms with Crippen molar-refractivity contribution in [1.82, 2.24) is 4.90 Å². The number of rotatable bonds is 4. The molecule has 1 aliphatic carbocycles. The highest BCUT2D eigenvalue weighted by Crippen LogP contribution is 2.41. The van der Waals surface area contributed by atoms with E-state index in [1.807, 2.05) is 17.0 Å². The van der Waals surface area contributed by atoms with Gasteiger partial charge in [-0.2, -0.15) is 0 Å². The van der Waals surface area contributed by atoms with E-state index in [9.17, 15) is 4.79 Å². The minimum atomic E-state index is -0.249. The Morgan fingerprint density at radius 1 is 1.50 bits per heavy atom. The number of morpholine rings is 1. The number of hydrogen-bond donors (Lipinski definition) is 0. The SMILES string of the molecule is CC(C)OC[C@@H]1CCC[C@@]12CN(C(=O)c1cccc(Cl)c1)CCO2. The van der Waals surface area contributed by atoms with E-state index >= 15 is 0 Å². The zero-order valence-electron chi connectivity index (χ0n) is 14.5. The zero-order valence-corrected chi connectivity index (χ0v) is 15.2. The monoisotopic (exact) mass is 351 g/mol. The predicted molar refractivity (Wildman–Crippen MR) is 94.5 cm³/mol. The normalized spacial score (nSPS) is 27.2. The summed E-state index contributed by atoms with van der Waals surface area (Å²) in [5.74, 6) is 0.394. The van der Waals surface area contributed by atoms with Crippen LogP contribution in [-0.2, 0) is 9.47 Å². The fraction of sp³-hybridized carbons (Fsp3) is 0.632. The lowest BCUT2D eigenvalue weighted by Gasteiger charge is -2.44. The number of carbonyl (C=O) groups is 1. The molecule has 2 atom stereocenters. The number of halogens is 1. The first-order valence-corrected chi connectivity index (χ1v) is 9.18. The van der Waals surface area contributed by atoms with Crippen LogP contribution in [0.3, 0.4) is 0 Å². The van der Waals surface area contributed by atoms with E-state index in [1.54, 1.807) is 12.1 Å². The lowest BCUT2D eigenvalue weighted by molar-refractivity contribution is -0.136. The summed E-state index contributed by atoms with van der Waals surface area (Å²) in [7, 11) is 0. The van der Waals surface area contributed by atoms with Crippen LogP contribution in [0.1, 0.15) is 43.5 Å². The van der Waals surface area contributed by atoms with E-state index in [2.05, 4.69) is 13.8 Å². The van der Waals surface area contributed by atoms with Gasteiger partial charge >= 0.3 is 0 Å². The van der Waals surface area contributed by atoms with Crippen LogP contribution in [-0.4, -0.2) is 48.8 Å². The van der Waals surface area contributed by atoms with Crippen LogP contribution in [0.5, 0.6) is 0 Å². The highest BCUT2D eigenvalue weighted by molar-refractivity contribution is 6.30. The number of benzene rings is 1. The van der Waals surface area contributed by atoms with Crippen molar-refractivity contribution in [3.05, 3.63) is 34.9 Å². The quantitative estimate of drug-likeness (QED) is 0.828. The van der Waals surface area contributed by atoms with Crippen molar-refractivity contribution >= 4 is 17.5 Å². The molecule has 1 aliphatic heterocycles. The molecular weight excluding hydrogens is 326 g/mol. The van der Waals surface area contributed by atoms with Crippen LogP contribution in [0.25, 0.3) is 0 Å². The molecule has 1 aromatic carbocycles. The first kappa shape index (κ1) is 17.7. The Hall–Kier alpha value is -1.10. The molecule has 1 saturated heterocycles. The van der Waals surface area contributed by atoms with Crippen LogP contribution in [0.2, 0.25) is 5.02 Å². The van der Waals surface area contributed by atoms with Gasteiger partial charge in [0, 0.05) is 23.0 Å². The molecular formula is C19H26ClNO3. The van der Waals surface area contributed by atoms with E-state index in [0.717, 1.165) is 19.3 Å². The van der Waals surface area contributed by atoms with E-state index in [-0.39, 0.29) is 17.6 Å². The molecule has 132 valence electrons. The van der Waals surface area contributed by atoms with Crippen molar-refractivity contribution in [3.63, 3.8) is 0 Å². The van der Waals surface area contributed by atoms with Gasteiger partial charge in [-0.15, -0.1) is 0 Å². The Morgan fingerprint density at radius 2 is 2.33 bits per heavy atom. The van der Waals surface area contributed by atoms with Crippen LogP contribution in [0.15, 0.2) is 24.3 Å². The van der Waals surface area contributed by atoms with Crippen LogP contribution in [0.4, 0.5) is 0 Å². The summed E-state index contributed by atoms with van der Waals surface area (Å²) in [5.41, 5.74) is 0.397. The highest BCUT2D eigenvalue weighted by Gasteiger charge is 2.48. The topological polar surface area (TPSA) is 38.8 Å². The van der Waals surface area contributed by atoms with Gasteiger partial charge in [0.1, 0.15) is 0 Å².